The van der Waals surface area contributed by atoms with Gasteiger partial charge in [0.2, 0.25) is 15.9 Å². The third kappa shape index (κ3) is 4.46. The summed E-state index contributed by atoms with van der Waals surface area (Å²) >= 11 is 1.28. The first-order valence-corrected chi connectivity index (χ1v) is 10.7. The maximum absolute atomic E-state index is 12.5. The Morgan fingerprint density at radius 3 is 2.73 bits per heavy atom. The molecule has 2 aromatic heterocycles. The van der Waals surface area contributed by atoms with Crippen molar-refractivity contribution in [1.29, 1.82) is 0 Å². The van der Waals surface area contributed by atoms with Crippen molar-refractivity contribution in [3.05, 3.63) is 42.5 Å². The van der Waals surface area contributed by atoms with E-state index in [9.17, 15) is 13.2 Å². The number of hydrogen-bond donors (Lipinski definition) is 1. The molecule has 3 rings (SSSR count). The average Bonchev–Trinajstić information content (AvgIpc) is 3.34. The minimum atomic E-state index is -3.46. The Balaban J connectivity index is 1.57. The van der Waals surface area contributed by atoms with Gasteiger partial charge < -0.3 is 9.73 Å². The zero-order valence-electron chi connectivity index (χ0n) is 14.4. The van der Waals surface area contributed by atoms with Crippen molar-refractivity contribution in [3.8, 4) is 0 Å². The van der Waals surface area contributed by atoms with Gasteiger partial charge in [-0.25, -0.2) is 13.4 Å². The van der Waals surface area contributed by atoms with Crippen LogP contribution in [0.5, 0.6) is 0 Å². The van der Waals surface area contributed by atoms with Gasteiger partial charge in [0.1, 0.15) is 10.7 Å². The number of rotatable bonds is 7. The number of carbonyl (C=O) groups is 1. The second kappa shape index (κ2) is 8.24. The molecule has 1 N–H and O–H groups in total. The Morgan fingerprint density at radius 1 is 1.35 bits per heavy atom. The van der Waals surface area contributed by atoms with Crippen molar-refractivity contribution in [2.45, 2.75) is 41.5 Å². The van der Waals surface area contributed by atoms with E-state index in [1.54, 1.807) is 37.5 Å². The highest BCUT2D eigenvalue weighted by Crippen LogP contribution is 2.25. The van der Waals surface area contributed by atoms with Crippen molar-refractivity contribution in [3.63, 3.8) is 0 Å². The van der Waals surface area contributed by atoms with Gasteiger partial charge in [-0.1, -0.05) is 11.8 Å². The lowest BCUT2D eigenvalue weighted by molar-refractivity contribution is -0.120. The van der Waals surface area contributed by atoms with E-state index < -0.39 is 10.0 Å². The summed E-state index contributed by atoms with van der Waals surface area (Å²) in [5, 5.41) is 3.03. The molecular formula is C17H21N3O4S2. The number of sulfonamides is 1. The van der Waals surface area contributed by atoms with Gasteiger partial charge in [-0.2, -0.15) is 4.31 Å². The fraction of sp³-hybridized carbons (Fsp3) is 0.412. The summed E-state index contributed by atoms with van der Waals surface area (Å²) in [6, 6.07) is 6.75. The molecule has 1 aliphatic rings. The second-order valence-corrected chi connectivity index (χ2v) is 9.30. The minimum Gasteiger partial charge on any atom is -0.467 e. The van der Waals surface area contributed by atoms with Gasteiger partial charge in [0.05, 0.1) is 23.1 Å². The predicted octanol–water partition coefficient (Wildman–Crippen LogP) is 2.26. The van der Waals surface area contributed by atoms with E-state index in [0.29, 0.717) is 30.4 Å². The number of nitrogens with zero attached hydrogens (tertiary/aromatic N) is 2. The van der Waals surface area contributed by atoms with Gasteiger partial charge in [-0.05, 0) is 44.0 Å². The summed E-state index contributed by atoms with van der Waals surface area (Å²) in [6.07, 6.45) is 4.71. The molecule has 0 radical (unpaired) electrons. The van der Waals surface area contributed by atoms with Crippen LogP contribution in [0.1, 0.15) is 25.5 Å². The number of thioether (sulfide) groups is 1. The van der Waals surface area contributed by atoms with Crippen LogP contribution in [0.3, 0.4) is 0 Å². The van der Waals surface area contributed by atoms with Gasteiger partial charge in [-0.3, -0.25) is 4.79 Å². The summed E-state index contributed by atoms with van der Waals surface area (Å²) in [7, 11) is -3.46. The molecule has 1 fully saturated rings. The smallest absolute Gasteiger partial charge is 0.244 e. The minimum absolute atomic E-state index is 0.137. The van der Waals surface area contributed by atoms with Gasteiger partial charge >= 0.3 is 0 Å². The molecule has 1 atom stereocenters. The third-order valence-electron chi connectivity index (χ3n) is 4.10. The highest BCUT2D eigenvalue weighted by atomic mass is 32.2. The van der Waals surface area contributed by atoms with Crippen LogP contribution in [0.2, 0.25) is 0 Å². The topological polar surface area (TPSA) is 92.5 Å². The summed E-state index contributed by atoms with van der Waals surface area (Å²) in [5.41, 5.74) is 0. The zero-order valence-corrected chi connectivity index (χ0v) is 16.1. The first-order valence-electron chi connectivity index (χ1n) is 8.40. The monoisotopic (exact) mass is 395 g/mol. The van der Waals surface area contributed by atoms with Crippen molar-refractivity contribution in [1.82, 2.24) is 14.6 Å². The van der Waals surface area contributed by atoms with Crippen LogP contribution < -0.4 is 5.32 Å². The standard InChI is InChI=1S/C17H21N3O4S2/c1-13(17(21)19-11-14-5-4-10-24-14)25-16-7-6-15(12-18-16)26(22,23)20-8-2-3-9-20/h4-7,10,12-13H,2-3,8-9,11H2,1H3,(H,19,21)/t13-/m0/s1. The quantitative estimate of drug-likeness (QED) is 0.723. The molecule has 0 spiro atoms. The van der Waals surface area contributed by atoms with E-state index in [4.69, 9.17) is 4.42 Å². The van der Waals surface area contributed by atoms with E-state index in [1.807, 2.05) is 0 Å². The highest BCUT2D eigenvalue weighted by molar-refractivity contribution is 8.00. The highest BCUT2D eigenvalue weighted by Gasteiger charge is 2.27. The molecule has 0 aliphatic carbocycles. The number of hydrogen-bond acceptors (Lipinski definition) is 6. The largest absolute Gasteiger partial charge is 0.467 e. The van der Waals surface area contributed by atoms with E-state index in [-0.39, 0.29) is 16.1 Å². The number of aromatic nitrogens is 1. The molecule has 0 aromatic carbocycles. The third-order valence-corrected chi connectivity index (χ3v) is 7.03. The molecule has 26 heavy (non-hydrogen) atoms. The lowest BCUT2D eigenvalue weighted by Crippen LogP contribution is -2.30. The first kappa shape index (κ1) is 18.9. The van der Waals surface area contributed by atoms with Gasteiger partial charge in [0, 0.05) is 19.3 Å². The van der Waals surface area contributed by atoms with Crippen molar-refractivity contribution in [2.75, 3.05) is 13.1 Å². The summed E-state index contributed by atoms with van der Waals surface area (Å²) < 4.78 is 31.6. The maximum atomic E-state index is 12.5. The van der Waals surface area contributed by atoms with E-state index in [1.165, 1.54) is 22.3 Å². The predicted molar refractivity (Wildman–Crippen MR) is 98.1 cm³/mol. The van der Waals surface area contributed by atoms with E-state index in [0.717, 1.165) is 12.8 Å². The molecule has 9 heteroatoms. The van der Waals surface area contributed by atoms with Crippen LogP contribution in [-0.4, -0.2) is 42.0 Å². The van der Waals surface area contributed by atoms with Gasteiger partial charge in [0.25, 0.3) is 0 Å². The van der Waals surface area contributed by atoms with Crippen LogP contribution in [0.25, 0.3) is 0 Å². The fourth-order valence-electron chi connectivity index (χ4n) is 2.63. The van der Waals surface area contributed by atoms with E-state index in [2.05, 4.69) is 10.3 Å². The lowest BCUT2D eigenvalue weighted by atomic mass is 10.4. The summed E-state index contributed by atoms with van der Waals surface area (Å²) in [4.78, 5) is 16.5. The normalized spacial score (nSPS) is 16.5. The molecule has 1 saturated heterocycles. The van der Waals surface area contributed by atoms with E-state index >= 15 is 0 Å². The molecule has 7 nitrogen and oxygen atoms in total. The SMILES string of the molecule is C[C@H](Sc1ccc(S(=O)(=O)N2CCCC2)cn1)C(=O)NCc1ccco1. The summed E-state index contributed by atoms with van der Waals surface area (Å²) in [6.45, 7) is 3.23. The molecule has 3 heterocycles. The maximum Gasteiger partial charge on any atom is 0.244 e. The average molecular weight is 396 g/mol. The number of amides is 1. The Kier molecular flexibility index (Phi) is 6.00. The van der Waals surface area contributed by atoms with Crippen LogP contribution >= 0.6 is 11.8 Å². The molecule has 140 valence electrons. The molecular weight excluding hydrogens is 374 g/mol. The zero-order chi connectivity index (χ0) is 18.6. The molecule has 0 unspecified atom stereocenters. The Hall–Kier alpha value is -1.84. The number of furan rings is 1. The van der Waals surface area contributed by atoms with Crippen LogP contribution in [0.15, 0.2) is 51.1 Å². The summed E-state index contributed by atoms with van der Waals surface area (Å²) in [5.74, 6) is 0.548. The van der Waals surface area contributed by atoms with Crippen molar-refractivity contribution < 1.29 is 17.6 Å². The van der Waals surface area contributed by atoms with Gasteiger partial charge in [0.15, 0.2) is 0 Å². The number of nitrogens with one attached hydrogen (secondary N) is 1. The Bertz CT molecular complexity index is 829. The number of carbonyl (C=O) groups excluding carboxylic acids is 1. The Morgan fingerprint density at radius 2 is 2.12 bits per heavy atom. The molecule has 0 bridgehead atoms. The Labute approximate surface area is 157 Å². The first-order chi connectivity index (χ1) is 12.5. The molecule has 2 aromatic rings. The van der Waals surface area contributed by atoms with Crippen molar-refractivity contribution >= 4 is 27.7 Å². The van der Waals surface area contributed by atoms with Crippen LogP contribution in [0, 0.1) is 0 Å². The lowest BCUT2D eigenvalue weighted by Gasteiger charge is -2.15. The van der Waals surface area contributed by atoms with Crippen LogP contribution in [-0.2, 0) is 21.4 Å². The number of pyridine rings is 1. The molecule has 0 saturated carbocycles. The fourth-order valence-corrected chi connectivity index (χ4v) is 4.91. The van der Waals surface area contributed by atoms with Crippen LogP contribution in [0.4, 0.5) is 0 Å². The second-order valence-electron chi connectivity index (χ2n) is 6.00. The van der Waals surface area contributed by atoms with Gasteiger partial charge in [-0.15, -0.1) is 0 Å². The van der Waals surface area contributed by atoms with Crippen molar-refractivity contribution in [2.24, 2.45) is 0 Å². The molecule has 1 amide bonds. The molecule has 1 aliphatic heterocycles.